The molecule has 32 heavy (non-hydrogen) atoms. The van der Waals surface area contributed by atoms with Crippen LogP contribution in [0.15, 0.2) is 54.6 Å². The quantitative estimate of drug-likeness (QED) is 0.362. The maximum absolute atomic E-state index is 12.5. The van der Waals surface area contributed by atoms with E-state index in [1.54, 1.807) is 19.1 Å². The third kappa shape index (κ3) is 7.13. The molecule has 2 aromatic carbocycles. The minimum absolute atomic E-state index is 0.0257. The minimum Gasteiger partial charge on any atom is -0.508 e. The van der Waals surface area contributed by atoms with Crippen LogP contribution in [0, 0.1) is 0 Å². The Bertz CT molecular complexity index is 1050. The second-order valence-electron chi connectivity index (χ2n) is 6.66. The lowest BCUT2D eigenvalue weighted by Gasteiger charge is -2.15. The number of carboxylic acid groups (broad SMARTS) is 1. The number of nitrogens with one attached hydrogen (secondary N) is 3. The smallest absolute Gasteiger partial charge is 0.328 e. The van der Waals surface area contributed by atoms with Crippen LogP contribution >= 0.6 is 11.6 Å². The third-order valence-corrected chi connectivity index (χ3v) is 4.55. The van der Waals surface area contributed by atoms with Crippen molar-refractivity contribution in [2.24, 2.45) is 0 Å². The Kier molecular flexibility index (Phi) is 8.79. The largest absolute Gasteiger partial charge is 0.508 e. The van der Waals surface area contributed by atoms with E-state index in [1.807, 2.05) is 0 Å². The molecule has 0 fully saturated rings. The van der Waals surface area contributed by atoms with Gasteiger partial charge in [0.2, 0.25) is 5.91 Å². The van der Waals surface area contributed by atoms with E-state index in [4.69, 9.17) is 11.6 Å². The molecule has 2 rings (SSSR count). The van der Waals surface area contributed by atoms with Gasteiger partial charge < -0.3 is 26.2 Å². The normalized spacial score (nSPS) is 11.6. The molecule has 10 heteroatoms. The van der Waals surface area contributed by atoms with Crippen molar-refractivity contribution in [3.05, 3.63) is 76.3 Å². The summed E-state index contributed by atoms with van der Waals surface area (Å²) in [5.41, 5.74) is 0.865. The second-order valence-corrected chi connectivity index (χ2v) is 7.06. The first-order chi connectivity index (χ1) is 15.2. The number of hydrogen-bond donors (Lipinski definition) is 5. The number of phenols is 1. The van der Waals surface area contributed by atoms with E-state index in [2.05, 4.69) is 16.0 Å². The monoisotopic (exact) mass is 459 g/mol. The topological polar surface area (TPSA) is 145 Å². The standard InChI is InChI=1S/C22H22ClN3O6/c1-2-4-19(28)24-12-18(22(31)32)26-21(30)16-8-7-14(10-17(16)23)20(29)25-11-13-5-3-6-15(27)9-13/h2-10,18,27H,11-12H2,1H3,(H,24,28)(H,25,29)(H,26,30)(H,31,32)/t18-/m0/s1. The van der Waals surface area contributed by atoms with Crippen LogP contribution in [0.1, 0.15) is 33.2 Å². The number of aromatic hydroxyl groups is 1. The number of benzene rings is 2. The number of aliphatic carboxylic acids is 1. The number of amides is 3. The number of carbonyl (C=O) groups is 4. The molecule has 0 aliphatic rings. The van der Waals surface area contributed by atoms with Gasteiger partial charge in [0, 0.05) is 18.7 Å². The number of halogens is 1. The molecular formula is C22H22ClN3O6. The van der Waals surface area contributed by atoms with Crippen LogP contribution in [-0.4, -0.2) is 46.5 Å². The fraction of sp³-hybridized carbons (Fsp3) is 0.182. The molecule has 168 valence electrons. The van der Waals surface area contributed by atoms with Gasteiger partial charge in [-0.3, -0.25) is 14.4 Å². The average Bonchev–Trinajstić information content (AvgIpc) is 2.74. The third-order valence-electron chi connectivity index (χ3n) is 4.24. The first-order valence-electron chi connectivity index (χ1n) is 9.51. The lowest BCUT2D eigenvalue weighted by atomic mass is 10.1. The molecule has 0 spiro atoms. The van der Waals surface area contributed by atoms with Gasteiger partial charge in [0.05, 0.1) is 10.6 Å². The highest BCUT2D eigenvalue weighted by Gasteiger charge is 2.22. The number of phenolic OH excluding ortho intramolecular Hbond substituents is 1. The van der Waals surface area contributed by atoms with Crippen molar-refractivity contribution in [3.63, 3.8) is 0 Å². The van der Waals surface area contributed by atoms with Gasteiger partial charge in [0.15, 0.2) is 0 Å². The lowest BCUT2D eigenvalue weighted by Crippen LogP contribution is -2.48. The molecule has 9 nitrogen and oxygen atoms in total. The summed E-state index contributed by atoms with van der Waals surface area (Å²) in [6.45, 7) is 1.48. The van der Waals surface area contributed by atoms with Crippen LogP contribution in [0.5, 0.6) is 5.75 Å². The number of allylic oxidation sites excluding steroid dienone is 1. The summed E-state index contributed by atoms with van der Waals surface area (Å²) in [5.74, 6) is -2.96. The molecule has 2 aromatic rings. The lowest BCUT2D eigenvalue weighted by molar-refractivity contribution is -0.139. The van der Waals surface area contributed by atoms with Crippen LogP contribution in [0.3, 0.4) is 0 Å². The van der Waals surface area contributed by atoms with Crippen molar-refractivity contribution >= 4 is 35.3 Å². The summed E-state index contributed by atoms with van der Waals surface area (Å²) in [5, 5.41) is 26.0. The van der Waals surface area contributed by atoms with Gasteiger partial charge in [0.1, 0.15) is 11.8 Å². The van der Waals surface area contributed by atoms with E-state index < -0.39 is 29.7 Å². The van der Waals surface area contributed by atoms with Gasteiger partial charge in [-0.05, 0) is 48.9 Å². The van der Waals surface area contributed by atoms with Crippen LogP contribution in [0.4, 0.5) is 0 Å². The number of carboxylic acids is 1. The fourth-order valence-corrected chi connectivity index (χ4v) is 2.91. The van der Waals surface area contributed by atoms with E-state index in [0.29, 0.717) is 5.56 Å². The first-order valence-corrected chi connectivity index (χ1v) is 9.89. The fourth-order valence-electron chi connectivity index (χ4n) is 2.64. The van der Waals surface area contributed by atoms with E-state index in [0.717, 1.165) is 0 Å². The Morgan fingerprint density at radius 1 is 1.06 bits per heavy atom. The predicted molar refractivity (Wildman–Crippen MR) is 117 cm³/mol. The Balaban J connectivity index is 2.02. The number of hydrogen-bond acceptors (Lipinski definition) is 5. The Labute approximate surface area is 189 Å². The molecular weight excluding hydrogens is 438 g/mol. The molecule has 0 heterocycles. The molecule has 0 aliphatic carbocycles. The summed E-state index contributed by atoms with van der Waals surface area (Å²) in [7, 11) is 0. The van der Waals surface area contributed by atoms with Crippen molar-refractivity contribution in [1.82, 2.24) is 16.0 Å². The highest BCUT2D eigenvalue weighted by Crippen LogP contribution is 2.18. The molecule has 0 bridgehead atoms. The van der Waals surface area contributed by atoms with Crippen molar-refractivity contribution in [2.75, 3.05) is 6.54 Å². The van der Waals surface area contributed by atoms with Crippen LogP contribution < -0.4 is 16.0 Å². The van der Waals surface area contributed by atoms with E-state index in [-0.39, 0.29) is 35.0 Å². The predicted octanol–water partition coefficient (Wildman–Crippen LogP) is 1.85. The first kappa shape index (κ1) is 24.4. The summed E-state index contributed by atoms with van der Waals surface area (Å²) in [4.78, 5) is 47.7. The maximum atomic E-state index is 12.5. The molecule has 0 saturated heterocycles. The zero-order chi connectivity index (χ0) is 23.7. The summed E-state index contributed by atoms with van der Waals surface area (Å²) in [6.07, 6.45) is 2.72. The molecule has 0 aromatic heterocycles. The molecule has 0 saturated carbocycles. The Morgan fingerprint density at radius 3 is 2.44 bits per heavy atom. The van der Waals surface area contributed by atoms with Crippen molar-refractivity contribution < 1.29 is 29.4 Å². The molecule has 0 radical (unpaired) electrons. The number of rotatable bonds is 9. The molecule has 1 atom stereocenters. The van der Waals surface area contributed by atoms with Crippen molar-refractivity contribution in [1.29, 1.82) is 0 Å². The SMILES string of the molecule is CC=CC(=O)NC[C@H](NC(=O)c1ccc(C(=O)NCc2cccc(O)c2)cc1Cl)C(=O)O. The average molecular weight is 460 g/mol. The van der Waals surface area contributed by atoms with Gasteiger partial charge in [-0.15, -0.1) is 0 Å². The Hall–Kier alpha value is -3.85. The van der Waals surface area contributed by atoms with Crippen LogP contribution in [0.2, 0.25) is 5.02 Å². The Morgan fingerprint density at radius 2 is 1.81 bits per heavy atom. The maximum Gasteiger partial charge on any atom is 0.328 e. The van der Waals surface area contributed by atoms with Gasteiger partial charge in [-0.25, -0.2) is 4.79 Å². The van der Waals surface area contributed by atoms with Gasteiger partial charge in [-0.2, -0.15) is 0 Å². The molecule has 0 unspecified atom stereocenters. The zero-order valence-corrected chi connectivity index (χ0v) is 17.8. The molecule has 3 amide bonds. The van der Waals surface area contributed by atoms with Crippen LogP contribution in [-0.2, 0) is 16.1 Å². The molecule has 0 aliphatic heterocycles. The highest BCUT2D eigenvalue weighted by atomic mass is 35.5. The van der Waals surface area contributed by atoms with Gasteiger partial charge in [-0.1, -0.05) is 29.8 Å². The van der Waals surface area contributed by atoms with E-state index in [1.165, 1.54) is 42.5 Å². The number of carbonyl (C=O) groups excluding carboxylic acids is 3. The van der Waals surface area contributed by atoms with E-state index >= 15 is 0 Å². The van der Waals surface area contributed by atoms with Crippen LogP contribution in [0.25, 0.3) is 0 Å². The second kappa shape index (κ2) is 11.5. The van der Waals surface area contributed by atoms with E-state index in [9.17, 15) is 29.4 Å². The highest BCUT2D eigenvalue weighted by molar-refractivity contribution is 6.34. The zero-order valence-electron chi connectivity index (χ0n) is 17.1. The molecule has 5 N–H and O–H groups in total. The summed E-state index contributed by atoms with van der Waals surface area (Å²) >= 11 is 6.14. The van der Waals surface area contributed by atoms with Gasteiger partial charge >= 0.3 is 5.97 Å². The summed E-state index contributed by atoms with van der Waals surface area (Å²) < 4.78 is 0. The van der Waals surface area contributed by atoms with Crippen molar-refractivity contribution in [3.8, 4) is 5.75 Å². The van der Waals surface area contributed by atoms with Crippen molar-refractivity contribution in [2.45, 2.75) is 19.5 Å². The van der Waals surface area contributed by atoms with Gasteiger partial charge in [0.25, 0.3) is 11.8 Å². The summed E-state index contributed by atoms with van der Waals surface area (Å²) in [6, 6.07) is 9.01. The minimum atomic E-state index is -1.38.